The molecule has 0 aliphatic rings. The highest BCUT2D eigenvalue weighted by molar-refractivity contribution is 5.96. The Morgan fingerprint density at radius 1 is 0.389 bits per heavy atom. The number of carbonyl (C=O) groups excluding carboxylic acids is 4. The van der Waals surface area contributed by atoms with E-state index in [1.54, 1.807) is 97.1 Å². The van der Waals surface area contributed by atoms with Crippen LogP contribution in [-0.2, 0) is 18.9 Å². The van der Waals surface area contributed by atoms with E-state index in [4.69, 9.17) is 28.9 Å². The molecule has 0 spiro atoms. The molecule has 0 saturated heterocycles. The lowest BCUT2D eigenvalue weighted by Crippen LogP contribution is -2.07. The van der Waals surface area contributed by atoms with Crippen molar-refractivity contribution in [2.75, 3.05) is 28.4 Å². The maximum atomic E-state index is 12.5. The van der Waals surface area contributed by atoms with Crippen molar-refractivity contribution in [2.45, 2.75) is 0 Å². The zero-order valence-electron chi connectivity index (χ0n) is 29.5. The fourth-order valence-corrected chi connectivity index (χ4v) is 4.93. The van der Waals surface area contributed by atoms with E-state index in [2.05, 4.69) is 19.9 Å². The van der Waals surface area contributed by atoms with Crippen LogP contribution in [0.2, 0.25) is 0 Å². The summed E-state index contributed by atoms with van der Waals surface area (Å²) in [5.41, 5.74) is 3.49. The first-order valence-electron chi connectivity index (χ1n) is 16.1. The fourth-order valence-electron chi connectivity index (χ4n) is 4.93. The van der Waals surface area contributed by atoms with Crippen LogP contribution in [0.1, 0.15) is 87.0 Å². The molecular weight excluding hydrogens is 692 g/mol. The van der Waals surface area contributed by atoms with Gasteiger partial charge in [0.1, 0.15) is 0 Å². The third kappa shape index (κ3) is 9.05. The lowest BCUT2D eigenvalue weighted by molar-refractivity contribution is 0.0585. The van der Waals surface area contributed by atoms with Crippen molar-refractivity contribution in [3.63, 3.8) is 0 Å². The van der Waals surface area contributed by atoms with Crippen molar-refractivity contribution in [2.24, 2.45) is 0 Å². The molecule has 14 heteroatoms. The first kappa shape index (κ1) is 37.8. The number of aromatic nitrogens is 6. The molecule has 5 rings (SSSR count). The summed E-state index contributed by atoms with van der Waals surface area (Å²) in [4.78, 5) is 76.5. The molecule has 270 valence electrons. The number of methoxy groups -OCH3 is 4. The number of esters is 4. The van der Waals surface area contributed by atoms with E-state index in [0.717, 1.165) is 0 Å². The Morgan fingerprint density at radius 3 is 0.815 bits per heavy atom. The summed E-state index contributed by atoms with van der Waals surface area (Å²) in [7, 11) is 5.05. The van der Waals surface area contributed by atoms with Gasteiger partial charge in [-0.25, -0.2) is 49.1 Å². The highest BCUT2D eigenvalue weighted by Crippen LogP contribution is 2.23. The SMILES string of the molecule is COC(=O)c1ncccc1/C=C/c1nc(/C=C/c2cccnc2C(=O)OC)c(/C=C/c2cccnc2C(=O)OC)nc1/C=C/c1cccnc1C(=O)OC. The summed E-state index contributed by atoms with van der Waals surface area (Å²) in [5.74, 6) is -2.51. The summed E-state index contributed by atoms with van der Waals surface area (Å²) >= 11 is 0. The number of carbonyl (C=O) groups is 4. The molecule has 0 aromatic carbocycles. The van der Waals surface area contributed by atoms with Gasteiger partial charge in [0.15, 0.2) is 22.8 Å². The number of ether oxygens (including phenoxy) is 4. The second kappa shape index (κ2) is 18.1. The zero-order chi connectivity index (χ0) is 38.5. The molecular formula is C40H32N6O8. The Kier molecular flexibility index (Phi) is 12.7. The maximum absolute atomic E-state index is 12.5. The van der Waals surface area contributed by atoms with Gasteiger partial charge >= 0.3 is 23.9 Å². The maximum Gasteiger partial charge on any atom is 0.357 e. The monoisotopic (exact) mass is 724 g/mol. The molecule has 54 heavy (non-hydrogen) atoms. The van der Waals surface area contributed by atoms with Gasteiger partial charge in [0.2, 0.25) is 0 Å². The van der Waals surface area contributed by atoms with E-state index in [1.165, 1.54) is 53.2 Å². The molecule has 5 aromatic rings. The molecule has 0 aliphatic heterocycles. The van der Waals surface area contributed by atoms with Crippen molar-refractivity contribution in [3.05, 3.63) is 141 Å². The van der Waals surface area contributed by atoms with Gasteiger partial charge in [-0.15, -0.1) is 0 Å². The standard InChI is InChI=1S/C40H32N6O8/c1-51-37(47)33-25(9-5-21-41-33)13-17-29-30(18-14-26-10-6-22-42-34(26)38(48)52-2)46-32(20-16-28-12-8-24-44-36(28)40(50)54-4)31(45-29)19-15-27-11-7-23-43-35(27)39(49)53-3/h5-24H,1-4H3/b17-13+,18-14+,19-15+,20-16+. The molecule has 5 heterocycles. The molecule has 0 unspecified atom stereocenters. The number of rotatable bonds is 12. The van der Waals surface area contributed by atoms with E-state index >= 15 is 0 Å². The molecule has 0 radical (unpaired) electrons. The van der Waals surface area contributed by atoms with Crippen molar-refractivity contribution in [3.8, 4) is 0 Å². The minimum Gasteiger partial charge on any atom is -0.464 e. The lowest BCUT2D eigenvalue weighted by Gasteiger charge is -2.09. The Labute approximate surface area is 309 Å². The molecule has 0 atom stereocenters. The predicted molar refractivity (Wildman–Crippen MR) is 200 cm³/mol. The summed E-state index contributed by atoms with van der Waals surface area (Å²) < 4.78 is 19.6. The molecule has 0 bridgehead atoms. The number of hydrogen-bond acceptors (Lipinski definition) is 14. The third-order valence-electron chi connectivity index (χ3n) is 7.56. The van der Waals surface area contributed by atoms with Gasteiger partial charge in [0.25, 0.3) is 0 Å². The summed E-state index contributed by atoms with van der Waals surface area (Å²) in [5, 5.41) is 0. The van der Waals surface area contributed by atoms with Crippen LogP contribution in [0.25, 0.3) is 48.6 Å². The van der Waals surface area contributed by atoms with Gasteiger partial charge in [-0.3, -0.25) is 0 Å². The first-order chi connectivity index (χ1) is 26.3. The summed E-state index contributed by atoms with van der Waals surface area (Å²) in [6.45, 7) is 0. The van der Waals surface area contributed by atoms with Crippen LogP contribution in [0.3, 0.4) is 0 Å². The van der Waals surface area contributed by atoms with E-state index in [9.17, 15) is 19.2 Å². The van der Waals surface area contributed by atoms with Gasteiger partial charge in [0, 0.05) is 47.0 Å². The Morgan fingerprint density at radius 2 is 0.611 bits per heavy atom. The van der Waals surface area contributed by atoms with Crippen molar-refractivity contribution in [1.82, 2.24) is 29.9 Å². The van der Waals surface area contributed by atoms with E-state index in [1.807, 2.05) is 0 Å². The minimum absolute atomic E-state index is 0.0869. The fraction of sp³-hybridized carbons (Fsp3) is 0.100. The highest BCUT2D eigenvalue weighted by Gasteiger charge is 2.16. The van der Waals surface area contributed by atoms with Crippen molar-refractivity contribution >= 4 is 72.5 Å². The smallest absolute Gasteiger partial charge is 0.357 e. The van der Waals surface area contributed by atoms with Crippen LogP contribution < -0.4 is 0 Å². The first-order valence-corrected chi connectivity index (χ1v) is 16.1. The van der Waals surface area contributed by atoms with E-state index < -0.39 is 23.9 Å². The van der Waals surface area contributed by atoms with Crippen LogP contribution in [0.5, 0.6) is 0 Å². The topological polar surface area (TPSA) is 183 Å². The van der Waals surface area contributed by atoms with E-state index in [0.29, 0.717) is 45.0 Å². The van der Waals surface area contributed by atoms with Crippen LogP contribution in [0.4, 0.5) is 0 Å². The van der Waals surface area contributed by atoms with Crippen LogP contribution >= 0.6 is 0 Å². The largest absolute Gasteiger partial charge is 0.464 e. The van der Waals surface area contributed by atoms with E-state index in [-0.39, 0.29) is 22.8 Å². The Bertz CT molecular complexity index is 2010. The molecule has 0 aliphatic carbocycles. The number of hydrogen-bond donors (Lipinski definition) is 0. The zero-order valence-corrected chi connectivity index (χ0v) is 29.5. The van der Waals surface area contributed by atoms with Gasteiger partial charge in [0.05, 0.1) is 51.2 Å². The molecule has 14 nitrogen and oxygen atoms in total. The third-order valence-corrected chi connectivity index (χ3v) is 7.56. The molecule has 0 N–H and O–H groups in total. The minimum atomic E-state index is -0.628. The molecule has 0 amide bonds. The van der Waals surface area contributed by atoms with Crippen molar-refractivity contribution in [1.29, 1.82) is 0 Å². The normalized spacial score (nSPS) is 11.3. The number of pyridine rings is 4. The molecule has 0 saturated carbocycles. The molecule has 0 fully saturated rings. The van der Waals surface area contributed by atoms with Gasteiger partial charge in [-0.05, 0) is 48.6 Å². The van der Waals surface area contributed by atoms with Gasteiger partial charge < -0.3 is 18.9 Å². The quantitative estimate of drug-likeness (QED) is 0.110. The lowest BCUT2D eigenvalue weighted by atomic mass is 10.1. The predicted octanol–water partition coefficient (Wildman–Crippen LogP) is 5.88. The summed E-state index contributed by atoms with van der Waals surface area (Å²) in [6, 6.07) is 13.5. The van der Waals surface area contributed by atoms with Crippen LogP contribution in [-0.4, -0.2) is 82.2 Å². The number of nitrogens with zero attached hydrogens (tertiary/aromatic N) is 6. The average molecular weight is 725 g/mol. The molecule has 5 aromatic heterocycles. The van der Waals surface area contributed by atoms with Gasteiger partial charge in [-0.1, -0.05) is 48.6 Å². The van der Waals surface area contributed by atoms with Crippen LogP contribution in [0, 0.1) is 0 Å². The summed E-state index contributed by atoms with van der Waals surface area (Å²) in [6.07, 6.45) is 19.0. The Hall–Kier alpha value is -7.48. The second-order valence-electron chi connectivity index (χ2n) is 10.8. The second-order valence-corrected chi connectivity index (χ2v) is 10.8. The average Bonchev–Trinajstić information content (AvgIpc) is 3.22. The Balaban J connectivity index is 1.74. The van der Waals surface area contributed by atoms with Crippen molar-refractivity contribution < 1.29 is 38.1 Å². The van der Waals surface area contributed by atoms with Crippen LogP contribution in [0.15, 0.2) is 73.3 Å². The highest BCUT2D eigenvalue weighted by atomic mass is 16.5. The van der Waals surface area contributed by atoms with Gasteiger partial charge in [-0.2, -0.15) is 0 Å².